The first-order valence-electron chi connectivity index (χ1n) is 8.80. The maximum Gasteiger partial charge on any atom is 0.0476 e. The SMILES string of the molecule is CCCC(C)N1CC2(CCCC2)NCC1c1ccccc1. The molecule has 3 rings (SSSR count). The second-order valence-electron chi connectivity index (χ2n) is 7.10. The van der Waals surface area contributed by atoms with Crippen molar-refractivity contribution in [1.82, 2.24) is 10.2 Å². The highest BCUT2D eigenvalue weighted by atomic mass is 15.3. The van der Waals surface area contributed by atoms with Gasteiger partial charge in [-0.25, -0.2) is 0 Å². The third-order valence-electron chi connectivity index (χ3n) is 5.57. The Morgan fingerprint density at radius 1 is 1.24 bits per heavy atom. The van der Waals surface area contributed by atoms with Gasteiger partial charge in [-0.2, -0.15) is 0 Å². The summed E-state index contributed by atoms with van der Waals surface area (Å²) in [4.78, 5) is 2.79. The van der Waals surface area contributed by atoms with Gasteiger partial charge in [0.1, 0.15) is 0 Å². The molecular formula is C19H30N2. The summed E-state index contributed by atoms with van der Waals surface area (Å²) in [5.41, 5.74) is 1.88. The minimum atomic E-state index is 0.410. The van der Waals surface area contributed by atoms with Gasteiger partial charge in [0.15, 0.2) is 0 Å². The van der Waals surface area contributed by atoms with Gasteiger partial charge in [-0.05, 0) is 31.7 Å². The lowest BCUT2D eigenvalue weighted by molar-refractivity contribution is 0.0445. The molecule has 1 spiro atoms. The highest BCUT2D eigenvalue weighted by molar-refractivity contribution is 5.21. The molecule has 1 aromatic rings. The number of hydrogen-bond acceptors (Lipinski definition) is 2. The van der Waals surface area contributed by atoms with Crippen LogP contribution in [0.4, 0.5) is 0 Å². The van der Waals surface area contributed by atoms with E-state index in [0.717, 1.165) is 6.54 Å². The molecule has 2 fully saturated rings. The number of hydrogen-bond donors (Lipinski definition) is 1. The average Bonchev–Trinajstić information content (AvgIpc) is 2.96. The van der Waals surface area contributed by atoms with Crippen molar-refractivity contribution in [1.29, 1.82) is 0 Å². The smallest absolute Gasteiger partial charge is 0.0476 e. The van der Waals surface area contributed by atoms with Crippen LogP contribution in [-0.4, -0.2) is 29.6 Å². The van der Waals surface area contributed by atoms with E-state index in [1.54, 1.807) is 0 Å². The fraction of sp³-hybridized carbons (Fsp3) is 0.684. The Labute approximate surface area is 129 Å². The van der Waals surface area contributed by atoms with Crippen LogP contribution < -0.4 is 5.32 Å². The van der Waals surface area contributed by atoms with Crippen molar-refractivity contribution < 1.29 is 0 Å². The van der Waals surface area contributed by atoms with E-state index in [9.17, 15) is 0 Å². The second-order valence-corrected chi connectivity index (χ2v) is 7.10. The van der Waals surface area contributed by atoms with E-state index in [4.69, 9.17) is 0 Å². The molecular weight excluding hydrogens is 256 g/mol. The Bertz CT molecular complexity index is 436. The summed E-state index contributed by atoms with van der Waals surface area (Å²) in [5.74, 6) is 0. The topological polar surface area (TPSA) is 15.3 Å². The molecule has 0 radical (unpaired) electrons. The molecule has 2 unspecified atom stereocenters. The number of piperazine rings is 1. The first-order chi connectivity index (χ1) is 10.2. The Hall–Kier alpha value is -0.860. The number of nitrogens with zero attached hydrogens (tertiary/aromatic N) is 1. The molecule has 1 aromatic carbocycles. The summed E-state index contributed by atoms with van der Waals surface area (Å²) in [6.45, 7) is 7.07. The molecule has 2 aliphatic rings. The van der Waals surface area contributed by atoms with Gasteiger partial charge in [0, 0.05) is 30.7 Å². The Balaban J connectivity index is 1.82. The predicted molar refractivity (Wildman–Crippen MR) is 89.5 cm³/mol. The Morgan fingerprint density at radius 2 is 1.95 bits per heavy atom. The van der Waals surface area contributed by atoms with Crippen molar-refractivity contribution in [3.05, 3.63) is 35.9 Å². The number of rotatable bonds is 4. The van der Waals surface area contributed by atoms with Crippen molar-refractivity contribution in [2.45, 2.75) is 70.0 Å². The zero-order valence-corrected chi connectivity index (χ0v) is 13.6. The summed E-state index contributed by atoms with van der Waals surface area (Å²) in [6.07, 6.45) is 8.12. The van der Waals surface area contributed by atoms with Crippen LogP contribution in [0, 0.1) is 0 Å². The highest BCUT2D eigenvalue weighted by Gasteiger charge is 2.42. The number of nitrogens with one attached hydrogen (secondary N) is 1. The van der Waals surface area contributed by atoms with Crippen molar-refractivity contribution >= 4 is 0 Å². The van der Waals surface area contributed by atoms with Crippen LogP contribution in [0.25, 0.3) is 0 Å². The van der Waals surface area contributed by atoms with E-state index in [0.29, 0.717) is 17.6 Å². The molecule has 0 amide bonds. The zero-order valence-electron chi connectivity index (χ0n) is 13.6. The largest absolute Gasteiger partial charge is 0.308 e. The van der Waals surface area contributed by atoms with Gasteiger partial charge in [-0.3, -0.25) is 4.90 Å². The monoisotopic (exact) mass is 286 g/mol. The van der Waals surface area contributed by atoms with Crippen LogP contribution in [0.15, 0.2) is 30.3 Å². The minimum Gasteiger partial charge on any atom is -0.308 e. The summed E-state index contributed by atoms with van der Waals surface area (Å²) in [6, 6.07) is 12.3. The fourth-order valence-corrected chi connectivity index (χ4v) is 4.36. The third-order valence-corrected chi connectivity index (χ3v) is 5.57. The highest BCUT2D eigenvalue weighted by Crippen LogP contribution is 2.38. The molecule has 1 heterocycles. The maximum atomic E-state index is 3.93. The summed E-state index contributed by atoms with van der Waals surface area (Å²) in [5, 5.41) is 3.93. The molecule has 2 nitrogen and oxygen atoms in total. The van der Waals surface area contributed by atoms with Gasteiger partial charge in [-0.1, -0.05) is 56.5 Å². The minimum absolute atomic E-state index is 0.410. The van der Waals surface area contributed by atoms with E-state index >= 15 is 0 Å². The van der Waals surface area contributed by atoms with Gasteiger partial charge in [0.25, 0.3) is 0 Å². The van der Waals surface area contributed by atoms with Crippen molar-refractivity contribution in [3.8, 4) is 0 Å². The van der Waals surface area contributed by atoms with Gasteiger partial charge in [0.05, 0.1) is 0 Å². The lowest BCUT2D eigenvalue weighted by atomic mass is 9.88. The van der Waals surface area contributed by atoms with E-state index < -0.39 is 0 Å². The van der Waals surface area contributed by atoms with Crippen LogP contribution in [0.3, 0.4) is 0 Å². The molecule has 0 aromatic heterocycles. The van der Waals surface area contributed by atoms with Crippen LogP contribution in [-0.2, 0) is 0 Å². The Kier molecular flexibility index (Phi) is 4.66. The van der Waals surface area contributed by atoms with Crippen molar-refractivity contribution in [2.75, 3.05) is 13.1 Å². The van der Waals surface area contributed by atoms with Gasteiger partial charge in [-0.15, -0.1) is 0 Å². The lowest BCUT2D eigenvalue weighted by Crippen LogP contribution is -2.61. The van der Waals surface area contributed by atoms with E-state index in [1.165, 1.54) is 50.6 Å². The first kappa shape index (κ1) is 15.1. The van der Waals surface area contributed by atoms with Gasteiger partial charge >= 0.3 is 0 Å². The third kappa shape index (κ3) is 3.17. The molecule has 116 valence electrons. The van der Waals surface area contributed by atoms with Crippen LogP contribution in [0.1, 0.15) is 64.0 Å². The molecule has 0 bridgehead atoms. The standard InChI is InChI=1S/C19H30N2/c1-3-9-16(2)21-15-19(12-7-8-13-19)20-14-18(21)17-10-5-4-6-11-17/h4-6,10-11,16,18,20H,3,7-9,12-15H2,1-2H3. The summed E-state index contributed by atoms with van der Waals surface area (Å²) < 4.78 is 0. The summed E-state index contributed by atoms with van der Waals surface area (Å²) in [7, 11) is 0. The zero-order chi connectivity index (χ0) is 14.7. The van der Waals surface area contributed by atoms with E-state index in [2.05, 4.69) is 54.4 Å². The van der Waals surface area contributed by atoms with Crippen molar-refractivity contribution in [3.63, 3.8) is 0 Å². The quantitative estimate of drug-likeness (QED) is 0.895. The molecule has 1 N–H and O–H groups in total. The fourth-order valence-electron chi connectivity index (χ4n) is 4.36. The second kappa shape index (κ2) is 6.50. The molecule has 1 saturated carbocycles. The van der Waals surface area contributed by atoms with Gasteiger partial charge in [0.2, 0.25) is 0 Å². The molecule has 21 heavy (non-hydrogen) atoms. The molecule has 2 atom stereocenters. The summed E-state index contributed by atoms with van der Waals surface area (Å²) >= 11 is 0. The Morgan fingerprint density at radius 3 is 2.62 bits per heavy atom. The maximum absolute atomic E-state index is 3.93. The van der Waals surface area contributed by atoms with Gasteiger partial charge < -0.3 is 5.32 Å². The molecule has 1 aliphatic heterocycles. The molecule has 1 saturated heterocycles. The van der Waals surface area contributed by atoms with Crippen molar-refractivity contribution in [2.24, 2.45) is 0 Å². The number of benzene rings is 1. The molecule has 2 heteroatoms. The lowest BCUT2D eigenvalue weighted by Gasteiger charge is -2.49. The van der Waals surface area contributed by atoms with E-state index in [-0.39, 0.29) is 0 Å². The van der Waals surface area contributed by atoms with E-state index in [1.807, 2.05) is 0 Å². The average molecular weight is 286 g/mol. The van der Waals surface area contributed by atoms with Crippen LogP contribution >= 0.6 is 0 Å². The first-order valence-corrected chi connectivity index (χ1v) is 8.80. The van der Waals surface area contributed by atoms with Crippen LogP contribution in [0.5, 0.6) is 0 Å². The molecule has 1 aliphatic carbocycles. The van der Waals surface area contributed by atoms with Crippen LogP contribution in [0.2, 0.25) is 0 Å². The normalized spacial score (nSPS) is 27.0. The predicted octanol–water partition coefficient (Wildman–Crippen LogP) is 4.13.